The fourth-order valence-electron chi connectivity index (χ4n) is 2.31. The van der Waals surface area contributed by atoms with Gasteiger partial charge in [-0.1, -0.05) is 18.2 Å². The number of methoxy groups -OCH3 is 1. The van der Waals surface area contributed by atoms with Crippen LogP contribution in [0, 0.1) is 6.92 Å². The summed E-state index contributed by atoms with van der Waals surface area (Å²) in [5.74, 6) is 1.58. The quantitative estimate of drug-likeness (QED) is 0.687. The van der Waals surface area contributed by atoms with Crippen molar-refractivity contribution in [3.8, 4) is 5.75 Å². The zero-order chi connectivity index (χ0) is 14.8. The number of fused-ring (bicyclic) bond motifs is 1. The Hall–Kier alpha value is -2.62. The summed E-state index contributed by atoms with van der Waals surface area (Å²) in [5, 5.41) is 0. The summed E-state index contributed by atoms with van der Waals surface area (Å²) in [4.78, 5) is 9.11. The summed E-state index contributed by atoms with van der Waals surface area (Å²) >= 11 is 0. The first-order valence-electron chi connectivity index (χ1n) is 6.79. The smallest absolute Gasteiger partial charge is 0.152 e. The maximum Gasteiger partial charge on any atom is 0.152 e. The van der Waals surface area contributed by atoms with Gasteiger partial charge in [0.05, 0.1) is 24.4 Å². The van der Waals surface area contributed by atoms with E-state index in [1.807, 2.05) is 61.0 Å². The van der Waals surface area contributed by atoms with Gasteiger partial charge in [-0.2, -0.15) is 0 Å². The number of aliphatic imine (C=N–C) groups is 1. The summed E-state index contributed by atoms with van der Waals surface area (Å²) in [6, 6.07) is 14.0. The zero-order valence-corrected chi connectivity index (χ0v) is 12.4. The van der Waals surface area contributed by atoms with Crippen molar-refractivity contribution in [3.05, 3.63) is 53.9 Å². The lowest BCUT2D eigenvalue weighted by atomic mass is 10.2. The summed E-state index contributed by atoms with van der Waals surface area (Å²) in [7, 11) is 3.64. The van der Waals surface area contributed by atoms with Gasteiger partial charge in [0.15, 0.2) is 5.82 Å². The molecule has 21 heavy (non-hydrogen) atoms. The molecule has 2 aromatic carbocycles. The highest BCUT2D eigenvalue weighted by atomic mass is 16.5. The molecule has 4 heteroatoms. The van der Waals surface area contributed by atoms with Crippen molar-refractivity contribution in [2.45, 2.75) is 6.92 Å². The Kier molecular flexibility index (Phi) is 3.44. The minimum Gasteiger partial charge on any atom is -0.494 e. The number of aromatic nitrogens is 2. The fraction of sp³-hybridized carbons (Fsp3) is 0.176. The number of para-hydroxylation sites is 2. The molecule has 0 saturated heterocycles. The first-order chi connectivity index (χ1) is 10.2. The molecule has 0 spiro atoms. The van der Waals surface area contributed by atoms with Crippen LogP contribution in [-0.4, -0.2) is 22.9 Å². The van der Waals surface area contributed by atoms with Crippen LogP contribution < -0.4 is 4.74 Å². The third-order valence-electron chi connectivity index (χ3n) is 3.48. The molecule has 0 fully saturated rings. The summed E-state index contributed by atoms with van der Waals surface area (Å²) in [5.41, 5.74) is 4.02. The van der Waals surface area contributed by atoms with Gasteiger partial charge < -0.3 is 9.30 Å². The van der Waals surface area contributed by atoms with E-state index in [0.29, 0.717) is 0 Å². The molecule has 1 heterocycles. The molecule has 0 aliphatic carbocycles. The molecule has 0 saturated carbocycles. The highest BCUT2D eigenvalue weighted by Gasteiger charge is 2.05. The van der Waals surface area contributed by atoms with E-state index in [9.17, 15) is 0 Å². The predicted molar refractivity (Wildman–Crippen MR) is 85.7 cm³/mol. The van der Waals surface area contributed by atoms with Gasteiger partial charge in [0.2, 0.25) is 0 Å². The average molecular weight is 279 g/mol. The van der Waals surface area contributed by atoms with Crippen LogP contribution in [0.2, 0.25) is 0 Å². The monoisotopic (exact) mass is 279 g/mol. The van der Waals surface area contributed by atoms with Crippen LogP contribution in [0.4, 0.5) is 5.69 Å². The van der Waals surface area contributed by atoms with Crippen LogP contribution in [-0.2, 0) is 7.05 Å². The Morgan fingerprint density at radius 1 is 1.19 bits per heavy atom. The number of imidazole rings is 1. The second-order valence-electron chi connectivity index (χ2n) is 4.95. The van der Waals surface area contributed by atoms with Crippen LogP contribution in [0.1, 0.15) is 11.4 Å². The third-order valence-corrected chi connectivity index (χ3v) is 3.48. The fourth-order valence-corrected chi connectivity index (χ4v) is 2.31. The van der Waals surface area contributed by atoms with Crippen molar-refractivity contribution >= 4 is 22.9 Å². The van der Waals surface area contributed by atoms with Crippen molar-refractivity contribution in [2.24, 2.45) is 12.0 Å². The minimum absolute atomic E-state index is 0.760. The highest BCUT2D eigenvalue weighted by molar-refractivity contribution is 5.86. The molecule has 0 N–H and O–H groups in total. The molecule has 0 bridgehead atoms. The Balaban J connectivity index is 2.02. The molecule has 0 unspecified atom stereocenters. The molecule has 0 aliphatic heterocycles. The average Bonchev–Trinajstić information content (AvgIpc) is 2.82. The summed E-state index contributed by atoms with van der Waals surface area (Å²) in [6.07, 6.45) is 1.78. The first-order valence-corrected chi connectivity index (χ1v) is 6.79. The predicted octanol–water partition coefficient (Wildman–Crippen LogP) is 3.64. The van der Waals surface area contributed by atoms with E-state index in [1.165, 1.54) is 0 Å². The maximum atomic E-state index is 5.34. The molecule has 106 valence electrons. The number of nitrogens with zero attached hydrogens (tertiary/aromatic N) is 3. The van der Waals surface area contributed by atoms with Crippen molar-refractivity contribution in [1.82, 2.24) is 9.55 Å². The van der Waals surface area contributed by atoms with Crippen LogP contribution in [0.25, 0.3) is 11.0 Å². The third kappa shape index (κ3) is 2.52. The minimum atomic E-state index is 0.760. The SMILES string of the molecule is COc1ccc(C)cc1/N=C/c1nc2ccccc2n1C. The number of ether oxygens (including phenoxy) is 1. The number of hydrogen-bond acceptors (Lipinski definition) is 3. The molecule has 4 nitrogen and oxygen atoms in total. The number of rotatable bonds is 3. The van der Waals surface area contributed by atoms with Gasteiger partial charge in [0.25, 0.3) is 0 Å². The topological polar surface area (TPSA) is 39.4 Å². The maximum absolute atomic E-state index is 5.34. The zero-order valence-electron chi connectivity index (χ0n) is 12.4. The Morgan fingerprint density at radius 2 is 2.00 bits per heavy atom. The second-order valence-corrected chi connectivity index (χ2v) is 4.95. The largest absolute Gasteiger partial charge is 0.494 e. The molecular formula is C17H17N3O. The molecular weight excluding hydrogens is 262 g/mol. The molecule has 0 aliphatic rings. The Bertz CT molecular complexity index is 818. The molecule has 3 rings (SSSR count). The molecule has 1 aromatic heterocycles. The van der Waals surface area contributed by atoms with Gasteiger partial charge in [-0.15, -0.1) is 0 Å². The lowest BCUT2D eigenvalue weighted by molar-refractivity contribution is 0.416. The van der Waals surface area contributed by atoms with E-state index in [1.54, 1.807) is 13.3 Å². The van der Waals surface area contributed by atoms with Gasteiger partial charge >= 0.3 is 0 Å². The van der Waals surface area contributed by atoms with E-state index >= 15 is 0 Å². The summed E-state index contributed by atoms with van der Waals surface area (Å²) in [6.45, 7) is 2.04. The van der Waals surface area contributed by atoms with E-state index in [2.05, 4.69) is 9.98 Å². The normalized spacial score (nSPS) is 11.4. The standard InChI is InChI=1S/C17H17N3O/c1-12-8-9-16(21-3)14(10-12)18-11-17-19-13-6-4-5-7-15(13)20(17)2/h4-11H,1-3H3/b18-11+. The lowest BCUT2D eigenvalue weighted by Gasteiger charge is -2.04. The van der Waals surface area contributed by atoms with Gasteiger partial charge in [0, 0.05) is 7.05 Å². The van der Waals surface area contributed by atoms with E-state index in [-0.39, 0.29) is 0 Å². The lowest BCUT2D eigenvalue weighted by Crippen LogP contribution is -1.96. The molecule has 0 atom stereocenters. The highest BCUT2D eigenvalue weighted by Crippen LogP contribution is 2.28. The second kappa shape index (κ2) is 5.40. The van der Waals surface area contributed by atoms with Crippen molar-refractivity contribution in [2.75, 3.05) is 7.11 Å². The Morgan fingerprint density at radius 3 is 2.76 bits per heavy atom. The molecule has 0 radical (unpaired) electrons. The van der Waals surface area contributed by atoms with Crippen LogP contribution in [0.15, 0.2) is 47.5 Å². The van der Waals surface area contributed by atoms with Crippen molar-refractivity contribution in [3.63, 3.8) is 0 Å². The van der Waals surface area contributed by atoms with Crippen molar-refractivity contribution in [1.29, 1.82) is 0 Å². The molecule has 3 aromatic rings. The Labute approximate surface area is 123 Å². The van der Waals surface area contributed by atoms with E-state index in [4.69, 9.17) is 4.74 Å². The van der Waals surface area contributed by atoms with Crippen LogP contribution in [0.5, 0.6) is 5.75 Å². The van der Waals surface area contributed by atoms with E-state index in [0.717, 1.165) is 33.9 Å². The van der Waals surface area contributed by atoms with Gasteiger partial charge in [-0.25, -0.2) is 9.98 Å². The van der Waals surface area contributed by atoms with Crippen LogP contribution >= 0.6 is 0 Å². The molecule has 0 amide bonds. The number of aryl methyl sites for hydroxylation is 2. The van der Waals surface area contributed by atoms with Gasteiger partial charge in [0.1, 0.15) is 11.4 Å². The number of benzene rings is 2. The first kappa shape index (κ1) is 13.4. The summed E-state index contributed by atoms with van der Waals surface area (Å²) < 4.78 is 7.37. The van der Waals surface area contributed by atoms with Crippen molar-refractivity contribution < 1.29 is 4.74 Å². The van der Waals surface area contributed by atoms with Gasteiger partial charge in [-0.3, -0.25) is 0 Å². The van der Waals surface area contributed by atoms with E-state index < -0.39 is 0 Å². The van der Waals surface area contributed by atoms with Gasteiger partial charge in [-0.05, 0) is 36.8 Å². The number of hydrogen-bond donors (Lipinski definition) is 0. The van der Waals surface area contributed by atoms with Crippen LogP contribution in [0.3, 0.4) is 0 Å².